The molecule has 0 aliphatic carbocycles. The summed E-state index contributed by atoms with van der Waals surface area (Å²) in [4.78, 5) is 21.6. The Kier molecular flexibility index (Phi) is 10.5. The third-order valence-corrected chi connectivity index (χ3v) is 7.97. The van der Waals surface area contributed by atoms with Crippen molar-refractivity contribution in [1.29, 1.82) is 0 Å². The first-order chi connectivity index (χ1) is 23.0. The van der Waals surface area contributed by atoms with Crippen LogP contribution in [0.2, 0.25) is 5.02 Å². The van der Waals surface area contributed by atoms with Gasteiger partial charge in [-0.15, -0.1) is 0 Å². The molecule has 3 heterocycles. The second-order valence-electron chi connectivity index (χ2n) is 10.8. The van der Waals surface area contributed by atoms with Crippen molar-refractivity contribution in [2.75, 3.05) is 74.9 Å². The average Bonchev–Trinajstić information content (AvgIpc) is 3.11. The molecule has 0 bridgehead atoms. The molecule has 47 heavy (non-hydrogen) atoms. The topological polar surface area (TPSA) is 152 Å². The zero-order chi connectivity index (χ0) is 32.6. The lowest BCUT2D eigenvalue weighted by atomic mass is 10.1. The molecule has 14 heteroatoms. The molecule has 2 fully saturated rings. The number of aromatic nitrogens is 2. The SMILES string of the molecule is COc1cc(NC(=O)Nc2ccc(C3CNCCO3)cc2)ccc1Nc1ncc(Cl)c(Nc2ccc(C3CNCCO3)c(OC)c2)n1. The van der Waals surface area contributed by atoms with Gasteiger partial charge in [-0.2, -0.15) is 4.98 Å². The summed E-state index contributed by atoms with van der Waals surface area (Å²) in [5, 5.41) is 19.1. The Hall–Kier alpha value is -4.66. The number of ether oxygens (including phenoxy) is 4. The Bertz CT molecular complexity index is 1680. The van der Waals surface area contributed by atoms with Crippen molar-refractivity contribution in [3.8, 4) is 11.5 Å². The van der Waals surface area contributed by atoms with Crippen LogP contribution >= 0.6 is 11.6 Å². The molecule has 1 aromatic heterocycles. The normalized spacial score (nSPS) is 17.8. The van der Waals surface area contributed by atoms with Crippen LogP contribution in [-0.2, 0) is 9.47 Å². The number of carbonyl (C=O) groups is 1. The van der Waals surface area contributed by atoms with Gasteiger partial charge >= 0.3 is 6.03 Å². The summed E-state index contributed by atoms with van der Waals surface area (Å²) in [5.41, 5.74) is 4.54. The maximum atomic E-state index is 12.7. The van der Waals surface area contributed by atoms with Gasteiger partial charge in [0, 0.05) is 60.9 Å². The van der Waals surface area contributed by atoms with Crippen molar-refractivity contribution in [3.63, 3.8) is 0 Å². The maximum Gasteiger partial charge on any atom is 0.323 e. The first kappa shape index (κ1) is 32.3. The zero-order valence-corrected chi connectivity index (χ0v) is 26.8. The summed E-state index contributed by atoms with van der Waals surface area (Å²) in [6.07, 6.45) is 1.42. The van der Waals surface area contributed by atoms with E-state index < -0.39 is 0 Å². The van der Waals surface area contributed by atoms with Gasteiger partial charge in [-0.25, -0.2) is 9.78 Å². The van der Waals surface area contributed by atoms with Gasteiger partial charge in [-0.05, 0) is 35.9 Å². The van der Waals surface area contributed by atoms with Crippen molar-refractivity contribution < 1.29 is 23.7 Å². The molecule has 4 aromatic rings. The Balaban J connectivity index is 1.09. The van der Waals surface area contributed by atoms with Crippen LogP contribution in [0.15, 0.2) is 66.9 Å². The number of halogens is 1. The Morgan fingerprint density at radius 2 is 1.49 bits per heavy atom. The molecule has 2 aliphatic heterocycles. The molecule has 2 aliphatic rings. The lowest BCUT2D eigenvalue weighted by Crippen LogP contribution is -2.33. The summed E-state index contributed by atoms with van der Waals surface area (Å²) in [5.74, 6) is 1.86. The van der Waals surface area contributed by atoms with Crippen molar-refractivity contribution in [3.05, 3.63) is 83.0 Å². The van der Waals surface area contributed by atoms with E-state index in [0.717, 1.165) is 36.4 Å². The van der Waals surface area contributed by atoms with Crippen LogP contribution in [0.5, 0.6) is 11.5 Å². The number of amides is 2. The highest BCUT2D eigenvalue weighted by Gasteiger charge is 2.20. The maximum absolute atomic E-state index is 12.7. The van der Waals surface area contributed by atoms with Crippen molar-refractivity contribution in [2.24, 2.45) is 0 Å². The second-order valence-corrected chi connectivity index (χ2v) is 11.2. The molecule has 3 aromatic carbocycles. The van der Waals surface area contributed by atoms with Crippen molar-refractivity contribution in [2.45, 2.75) is 12.2 Å². The predicted molar refractivity (Wildman–Crippen MR) is 182 cm³/mol. The number of hydrogen-bond acceptors (Lipinski definition) is 11. The van der Waals surface area contributed by atoms with Crippen LogP contribution in [0.3, 0.4) is 0 Å². The lowest BCUT2D eigenvalue weighted by molar-refractivity contribution is 0.0263. The third-order valence-electron chi connectivity index (χ3n) is 7.69. The number of morpholine rings is 2. The second kappa shape index (κ2) is 15.3. The number of anilines is 6. The fourth-order valence-corrected chi connectivity index (χ4v) is 5.46. The van der Waals surface area contributed by atoms with E-state index in [1.54, 1.807) is 32.4 Å². The van der Waals surface area contributed by atoms with Gasteiger partial charge < -0.3 is 50.8 Å². The number of nitrogens with one attached hydrogen (secondary N) is 6. The van der Waals surface area contributed by atoms with Gasteiger partial charge in [0.1, 0.15) is 16.5 Å². The number of hydrogen-bond donors (Lipinski definition) is 6. The van der Waals surface area contributed by atoms with E-state index in [9.17, 15) is 4.79 Å². The molecule has 6 rings (SSSR count). The molecule has 0 radical (unpaired) electrons. The highest BCUT2D eigenvalue weighted by atomic mass is 35.5. The number of nitrogens with zero attached hydrogens (tertiary/aromatic N) is 2. The molecular weight excluding hydrogens is 624 g/mol. The van der Waals surface area contributed by atoms with Crippen LogP contribution in [0.4, 0.5) is 39.3 Å². The summed E-state index contributed by atoms with van der Waals surface area (Å²) in [6, 6.07) is 18.2. The third kappa shape index (κ3) is 8.20. The molecular formula is C33H37ClN8O5. The van der Waals surface area contributed by atoms with Crippen molar-refractivity contribution in [1.82, 2.24) is 20.6 Å². The summed E-state index contributed by atoms with van der Waals surface area (Å²) < 4.78 is 22.9. The van der Waals surface area contributed by atoms with Gasteiger partial charge in [0.2, 0.25) is 5.95 Å². The van der Waals surface area contributed by atoms with Crippen molar-refractivity contribution >= 4 is 52.1 Å². The largest absolute Gasteiger partial charge is 0.496 e. The first-order valence-electron chi connectivity index (χ1n) is 15.2. The molecule has 2 atom stereocenters. The lowest BCUT2D eigenvalue weighted by Gasteiger charge is -2.25. The number of benzene rings is 3. The van der Waals surface area contributed by atoms with E-state index in [2.05, 4.69) is 41.9 Å². The highest BCUT2D eigenvalue weighted by Crippen LogP contribution is 2.34. The number of methoxy groups -OCH3 is 2. The predicted octanol–water partition coefficient (Wildman–Crippen LogP) is 5.60. The molecule has 0 spiro atoms. The molecule has 246 valence electrons. The average molecular weight is 661 g/mol. The minimum atomic E-state index is -0.388. The van der Waals surface area contributed by atoms with Crippen LogP contribution in [0.1, 0.15) is 23.3 Å². The minimum absolute atomic E-state index is 0.00794. The van der Waals surface area contributed by atoms with E-state index in [1.807, 2.05) is 42.5 Å². The van der Waals surface area contributed by atoms with Gasteiger partial charge in [-0.3, -0.25) is 0 Å². The molecule has 2 saturated heterocycles. The van der Waals surface area contributed by atoms with Gasteiger partial charge in [0.25, 0.3) is 0 Å². The molecule has 2 unspecified atom stereocenters. The number of carbonyl (C=O) groups excluding carboxylic acids is 1. The summed E-state index contributed by atoms with van der Waals surface area (Å²) >= 11 is 6.45. The molecule has 0 saturated carbocycles. The Morgan fingerprint density at radius 1 is 0.830 bits per heavy atom. The fraction of sp³-hybridized carbons (Fsp3) is 0.303. The van der Waals surface area contributed by atoms with E-state index in [-0.39, 0.29) is 24.2 Å². The minimum Gasteiger partial charge on any atom is -0.496 e. The van der Waals surface area contributed by atoms with Crippen LogP contribution < -0.4 is 41.4 Å². The molecule has 13 nitrogen and oxygen atoms in total. The fourth-order valence-electron chi connectivity index (χ4n) is 5.32. The zero-order valence-electron chi connectivity index (χ0n) is 26.1. The van der Waals surface area contributed by atoms with E-state index in [4.69, 9.17) is 30.5 Å². The van der Waals surface area contributed by atoms with Crippen LogP contribution in [0, 0.1) is 0 Å². The Morgan fingerprint density at radius 3 is 2.19 bits per heavy atom. The first-order valence-corrected chi connectivity index (χ1v) is 15.6. The van der Waals surface area contributed by atoms with E-state index in [0.29, 0.717) is 59.2 Å². The number of rotatable bonds is 10. The van der Waals surface area contributed by atoms with E-state index in [1.165, 1.54) is 6.20 Å². The summed E-state index contributed by atoms with van der Waals surface area (Å²) in [6.45, 7) is 4.48. The summed E-state index contributed by atoms with van der Waals surface area (Å²) in [7, 11) is 3.17. The van der Waals surface area contributed by atoms with Gasteiger partial charge in [0.05, 0.1) is 51.5 Å². The van der Waals surface area contributed by atoms with Crippen LogP contribution in [0.25, 0.3) is 0 Å². The highest BCUT2D eigenvalue weighted by molar-refractivity contribution is 6.32. The van der Waals surface area contributed by atoms with Gasteiger partial charge in [0.15, 0.2) is 5.82 Å². The Labute approximate surface area is 277 Å². The van der Waals surface area contributed by atoms with Gasteiger partial charge in [-0.1, -0.05) is 29.8 Å². The molecule has 2 amide bonds. The van der Waals surface area contributed by atoms with E-state index >= 15 is 0 Å². The number of urea groups is 1. The smallest absolute Gasteiger partial charge is 0.323 e. The monoisotopic (exact) mass is 660 g/mol. The molecule has 6 N–H and O–H groups in total. The standard InChI is InChI=1S/C33H37ClN8O5/c1-44-27-15-22(7-9-24(27)30-19-36-12-14-47-30)38-31-25(34)17-37-32(42-31)41-26-10-8-23(16-28(26)45-2)40-33(43)39-21-5-3-20(4-6-21)29-18-35-11-13-46-29/h3-10,15-17,29-30,35-36H,11-14,18-19H2,1-2H3,(H2,39,40,43)(H2,37,38,41,42). The van der Waals surface area contributed by atoms with Crippen LogP contribution in [-0.4, -0.2) is 69.6 Å². The quantitative estimate of drug-likeness (QED) is 0.126.